The van der Waals surface area contributed by atoms with E-state index >= 15 is 0 Å². The van der Waals surface area contributed by atoms with Gasteiger partial charge in [0.1, 0.15) is 6.26 Å². The maximum atomic E-state index is 12.7. The Bertz CT molecular complexity index is 647. The number of aliphatic carboxylic acids is 1. The zero-order chi connectivity index (χ0) is 14.9. The highest BCUT2D eigenvalue weighted by molar-refractivity contribution is 5.69. The number of carboxylic acids is 1. The third kappa shape index (κ3) is 3.17. The first-order valence-electron chi connectivity index (χ1n) is 5.61. The van der Waals surface area contributed by atoms with Crippen molar-refractivity contribution in [2.45, 2.75) is 19.5 Å². The lowest BCUT2D eigenvalue weighted by Gasteiger charge is -2.08. The summed E-state index contributed by atoms with van der Waals surface area (Å²) in [6.07, 6.45) is -3.68. The topological polar surface area (TPSA) is 63.3 Å². The predicted octanol–water partition coefficient (Wildman–Crippen LogP) is 3.30. The van der Waals surface area contributed by atoms with Crippen molar-refractivity contribution in [3.05, 3.63) is 41.3 Å². The number of carboxylic acid groups (broad SMARTS) is 1. The molecule has 0 radical (unpaired) electrons. The predicted molar refractivity (Wildman–Crippen MR) is 63.0 cm³/mol. The van der Waals surface area contributed by atoms with Gasteiger partial charge in [0.25, 0.3) is 0 Å². The fourth-order valence-electron chi connectivity index (χ4n) is 1.75. The van der Waals surface area contributed by atoms with Crippen LogP contribution >= 0.6 is 0 Å². The normalized spacial score (nSPS) is 11.6. The van der Waals surface area contributed by atoms with Gasteiger partial charge in [-0.1, -0.05) is 0 Å². The molecule has 0 atom stereocenters. The molecule has 2 aromatic rings. The number of hydrogen-bond donors (Lipinski definition) is 1. The Labute approximate surface area is 111 Å². The van der Waals surface area contributed by atoms with Crippen molar-refractivity contribution < 1.29 is 27.5 Å². The van der Waals surface area contributed by atoms with Crippen LogP contribution in [0, 0.1) is 6.92 Å². The van der Waals surface area contributed by atoms with E-state index < -0.39 is 17.7 Å². The number of nitrogens with zero attached hydrogens (tertiary/aromatic N) is 1. The minimum Gasteiger partial charge on any atom is -0.481 e. The Hall–Kier alpha value is -2.31. The van der Waals surface area contributed by atoms with Crippen LogP contribution < -0.4 is 0 Å². The third-order valence-electron chi connectivity index (χ3n) is 2.54. The second-order valence-electron chi connectivity index (χ2n) is 4.30. The molecule has 2 rings (SSSR count). The summed E-state index contributed by atoms with van der Waals surface area (Å²) in [6, 6.07) is 3.43. The van der Waals surface area contributed by atoms with Crippen LogP contribution in [0.15, 0.2) is 28.9 Å². The Balaban J connectivity index is 2.40. The summed E-state index contributed by atoms with van der Waals surface area (Å²) in [5.74, 6) is -1.12. The van der Waals surface area contributed by atoms with E-state index in [1.807, 2.05) is 0 Å². The standard InChI is InChI=1S/C13H10F3NO3/c1-7-2-8(4-9(3-7)13(14,15)16)12-17-10(6-20-12)5-11(18)19/h2-4,6H,5H2,1H3,(H,18,19). The SMILES string of the molecule is Cc1cc(-c2nc(CC(=O)O)co2)cc(C(F)(F)F)c1. The van der Waals surface area contributed by atoms with E-state index in [1.54, 1.807) is 0 Å². The number of benzene rings is 1. The third-order valence-corrected chi connectivity index (χ3v) is 2.54. The summed E-state index contributed by atoms with van der Waals surface area (Å²) >= 11 is 0. The summed E-state index contributed by atoms with van der Waals surface area (Å²) in [7, 11) is 0. The first kappa shape index (κ1) is 14.1. The van der Waals surface area contributed by atoms with Gasteiger partial charge in [0.05, 0.1) is 17.7 Å². The molecular formula is C13H10F3NO3. The van der Waals surface area contributed by atoms with Crippen LogP contribution in [0.25, 0.3) is 11.5 Å². The molecule has 0 spiro atoms. The van der Waals surface area contributed by atoms with Crippen LogP contribution in [-0.4, -0.2) is 16.1 Å². The highest BCUT2D eigenvalue weighted by Crippen LogP contribution is 2.33. The molecule has 20 heavy (non-hydrogen) atoms. The van der Waals surface area contributed by atoms with Gasteiger partial charge >= 0.3 is 12.1 Å². The Morgan fingerprint density at radius 2 is 2.05 bits per heavy atom. The van der Waals surface area contributed by atoms with Gasteiger partial charge in [-0.15, -0.1) is 0 Å². The lowest BCUT2D eigenvalue weighted by molar-refractivity contribution is -0.138. The summed E-state index contributed by atoms with van der Waals surface area (Å²) in [4.78, 5) is 14.4. The molecule has 1 aromatic carbocycles. The first-order valence-corrected chi connectivity index (χ1v) is 5.61. The number of oxazole rings is 1. The van der Waals surface area contributed by atoms with E-state index in [2.05, 4.69) is 4.98 Å². The monoisotopic (exact) mass is 285 g/mol. The van der Waals surface area contributed by atoms with Crippen LogP contribution in [0.1, 0.15) is 16.8 Å². The van der Waals surface area contributed by atoms with E-state index in [9.17, 15) is 18.0 Å². The molecule has 1 heterocycles. The summed E-state index contributed by atoms with van der Waals surface area (Å²) in [5.41, 5.74) is -0.0742. The molecular weight excluding hydrogens is 275 g/mol. The van der Waals surface area contributed by atoms with E-state index in [0.717, 1.165) is 18.4 Å². The van der Waals surface area contributed by atoms with Crippen LogP contribution in [0.5, 0.6) is 0 Å². The average Bonchev–Trinajstić information content (AvgIpc) is 2.74. The van der Waals surface area contributed by atoms with Crippen molar-refractivity contribution in [1.82, 2.24) is 4.98 Å². The number of alkyl halides is 3. The van der Waals surface area contributed by atoms with Crippen molar-refractivity contribution in [2.75, 3.05) is 0 Å². The van der Waals surface area contributed by atoms with Crippen molar-refractivity contribution in [3.63, 3.8) is 0 Å². The number of aromatic nitrogens is 1. The van der Waals surface area contributed by atoms with E-state index in [4.69, 9.17) is 9.52 Å². The second kappa shape index (κ2) is 4.99. The zero-order valence-corrected chi connectivity index (χ0v) is 10.4. The van der Waals surface area contributed by atoms with Crippen LogP contribution in [0.4, 0.5) is 13.2 Å². The zero-order valence-electron chi connectivity index (χ0n) is 10.4. The molecule has 0 bridgehead atoms. The highest BCUT2D eigenvalue weighted by Gasteiger charge is 2.31. The fourth-order valence-corrected chi connectivity index (χ4v) is 1.75. The molecule has 0 saturated heterocycles. The summed E-state index contributed by atoms with van der Waals surface area (Å²) in [6.45, 7) is 1.53. The molecule has 0 aliphatic rings. The van der Waals surface area contributed by atoms with Crippen molar-refractivity contribution >= 4 is 5.97 Å². The van der Waals surface area contributed by atoms with Gasteiger partial charge in [0.15, 0.2) is 0 Å². The van der Waals surface area contributed by atoms with E-state index in [-0.39, 0.29) is 23.6 Å². The quantitative estimate of drug-likeness (QED) is 0.939. The highest BCUT2D eigenvalue weighted by atomic mass is 19.4. The van der Waals surface area contributed by atoms with Crippen LogP contribution in [0.3, 0.4) is 0 Å². The first-order chi connectivity index (χ1) is 9.25. The van der Waals surface area contributed by atoms with Gasteiger partial charge in [-0.05, 0) is 30.7 Å². The number of halogens is 3. The van der Waals surface area contributed by atoms with Gasteiger partial charge in [0, 0.05) is 5.56 Å². The van der Waals surface area contributed by atoms with E-state index in [1.165, 1.54) is 13.0 Å². The molecule has 0 saturated carbocycles. The number of hydrogen-bond acceptors (Lipinski definition) is 3. The van der Waals surface area contributed by atoms with Crippen molar-refractivity contribution in [3.8, 4) is 11.5 Å². The molecule has 0 aliphatic heterocycles. The lowest BCUT2D eigenvalue weighted by Crippen LogP contribution is -2.05. The molecule has 0 fully saturated rings. The maximum Gasteiger partial charge on any atom is 0.416 e. The largest absolute Gasteiger partial charge is 0.481 e. The minimum absolute atomic E-state index is 0.0320. The van der Waals surface area contributed by atoms with Crippen LogP contribution in [-0.2, 0) is 17.4 Å². The minimum atomic E-state index is -4.46. The molecule has 1 N–H and O–H groups in total. The van der Waals surface area contributed by atoms with Gasteiger partial charge in [0.2, 0.25) is 5.89 Å². The van der Waals surface area contributed by atoms with Gasteiger partial charge < -0.3 is 9.52 Å². The molecule has 7 heteroatoms. The second-order valence-corrected chi connectivity index (χ2v) is 4.30. The molecule has 0 amide bonds. The molecule has 4 nitrogen and oxygen atoms in total. The number of rotatable bonds is 3. The lowest BCUT2D eigenvalue weighted by atomic mass is 10.1. The smallest absolute Gasteiger partial charge is 0.416 e. The molecule has 0 unspecified atom stereocenters. The van der Waals surface area contributed by atoms with Gasteiger partial charge in [-0.2, -0.15) is 13.2 Å². The molecule has 1 aromatic heterocycles. The molecule has 0 aliphatic carbocycles. The Morgan fingerprint density at radius 3 is 2.65 bits per heavy atom. The van der Waals surface area contributed by atoms with Gasteiger partial charge in [-0.3, -0.25) is 4.79 Å². The van der Waals surface area contributed by atoms with Gasteiger partial charge in [-0.25, -0.2) is 4.98 Å². The average molecular weight is 285 g/mol. The Morgan fingerprint density at radius 1 is 1.35 bits per heavy atom. The fraction of sp³-hybridized carbons (Fsp3) is 0.231. The van der Waals surface area contributed by atoms with E-state index in [0.29, 0.717) is 5.56 Å². The number of carbonyl (C=O) groups is 1. The number of aryl methyl sites for hydroxylation is 1. The summed E-state index contributed by atoms with van der Waals surface area (Å²) < 4.78 is 43.2. The van der Waals surface area contributed by atoms with Crippen molar-refractivity contribution in [1.29, 1.82) is 0 Å². The van der Waals surface area contributed by atoms with Crippen molar-refractivity contribution in [2.24, 2.45) is 0 Å². The maximum absolute atomic E-state index is 12.7. The summed E-state index contributed by atoms with van der Waals surface area (Å²) in [5, 5.41) is 8.61. The Kier molecular flexibility index (Phi) is 3.52. The van der Waals surface area contributed by atoms with Crippen LogP contribution in [0.2, 0.25) is 0 Å². The molecule has 106 valence electrons.